The summed E-state index contributed by atoms with van der Waals surface area (Å²) in [5.41, 5.74) is -0.0848. The van der Waals surface area contributed by atoms with Crippen LogP contribution in [0.15, 0.2) is 24.3 Å². The normalized spacial score (nSPS) is 18.0. The van der Waals surface area contributed by atoms with Gasteiger partial charge in [-0.3, -0.25) is 9.59 Å². The Labute approximate surface area is 112 Å². The van der Waals surface area contributed by atoms with Gasteiger partial charge in [-0.05, 0) is 31.5 Å². The lowest BCUT2D eigenvalue weighted by Crippen LogP contribution is -2.63. The monoisotopic (exact) mass is 262 g/mol. The van der Waals surface area contributed by atoms with Gasteiger partial charge in [0, 0.05) is 13.1 Å². The maximum Gasteiger partial charge on any atom is 0.245 e. The Hall–Kier alpha value is -2.04. The van der Waals surface area contributed by atoms with Crippen molar-refractivity contribution >= 4 is 11.8 Å². The Morgan fingerprint density at radius 1 is 1.47 bits per heavy atom. The quantitative estimate of drug-likeness (QED) is 0.823. The van der Waals surface area contributed by atoms with Gasteiger partial charge in [-0.25, -0.2) is 0 Å². The lowest BCUT2D eigenvalue weighted by atomic mass is 9.97. The summed E-state index contributed by atoms with van der Waals surface area (Å²) in [4.78, 5) is 25.7. The van der Waals surface area contributed by atoms with E-state index in [1.807, 2.05) is 0 Å². The first kappa shape index (κ1) is 13.4. The van der Waals surface area contributed by atoms with Crippen LogP contribution >= 0.6 is 0 Å². The van der Waals surface area contributed by atoms with Crippen LogP contribution in [-0.2, 0) is 16.0 Å². The molecule has 1 aromatic rings. The fraction of sp³-hybridized carbons (Fsp3) is 0.429. The minimum Gasteiger partial charge on any atom is -0.508 e. The highest BCUT2D eigenvalue weighted by Crippen LogP contribution is 2.20. The molecule has 1 aliphatic heterocycles. The summed E-state index contributed by atoms with van der Waals surface area (Å²) in [7, 11) is 0. The van der Waals surface area contributed by atoms with E-state index in [1.54, 1.807) is 43.0 Å². The number of hydrogen-bond donors (Lipinski definition) is 2. The number of phenolic OH excluding ortho intramolecular Hbond substituents is 1. The number of nitrogens with zero attached hydrogens (tertiary/aromatic N) is 1. The molecular weight excluding hydrogens is 244 g/mol. The van der Waals surface area contributed by atoms with E-state index in [0.717, 1.165) is 5.56 Å². The van der Waals surface area contributed by atoms with Crippen LogP contribution in [0, 0.1) is 0 Å². The van der Waals surface area contributed by atoms with E-state index >= 15 is 0 Å². The number of phenols is 1. The van der Waals surface area contributed by atoms with Crippen LogP contribution in [0.3, 0.4) is 0 Å². The van der Waals surface area contributed by atoms with Crippen molar-refractivity contribution in [3.8, 4) is 5.75 Å². The van der Waals surface area contributed by atoms with Crippen molar-refractivity contribution in [1.29, 1.82) is 0 Å². The fourth-order valence-corrected chi connectivity index (χ4v) is 2.27. The second kappa shape index (κ2) is 4.91. The van der Waals surface area contributed by atoms with E-state index in [-0.39, 0.29) is 24.0 Å². The molecule has 0 bridgehead atoms. The van der Waals surface area contributed by atoms with E-state index in [4.69, 9.17) is 0 Å². The van der Waals surface area contributed by atoms with E-state index in [1.165, 1.54) is 0 Å². The average molecular weight is 262 g/mol. The highest BCUT2D eigenvalue weighted by atomic mass is 16.3. The third-order valence-corrected chi connectivity index (χ3v) is 3.42. The number of aromatic hydroxyl groups is 1. The molecule has 0 unspecified atom stereocenters. The van der Waals surface area contributed by atoms with Gasteiger partial charge >= 0.3 is 0 Å². The van der Waals surface area contributed by atoms with Crippen LogP contribution < -0.4 is 5.32 Å². The first-order valence-electron chi connectivity index (χ1n) is 6.28. The summed E-state index contributed by atoms with van der Waals surface area (Å²) in [5.74, 6) is -0.102. The molecule has 0 radical (unpaired) electrons. The summed E-state index contributed by atoms with van der Waals surface area (Å²) >= 11 is 0. The molecule has 1 aliphatic rings. The molecule has 0 atom stereocenters. The molecule has 1 fully saturated rings. The second-order valence-electron chi connectivity index (χ2n) is 5.21. The highest BCUT2D eigenvalue weighted by molar-refractivity contribution is 5.92. The number of amides is 2. The summed E-state index contributed by atoms with van der Waals surface area (Å²) in [6.07, 6.45) is 0.186. The largest absolute Gasteiger partial charge is 0.508 e. The Morgan fingerprint density at radius 2 is 2.21 bits per heavy atom. The molecule has 1 heterocycles. The Kier molecular flexibility index (Phi) is 3.46. The van der Waals surface area contributed by atoms with Gasteiger partial charge in [0.25, 0.3) is 0 Å². The SMILES string of the molecule is CC1(C)C(=O)NCCN1C(=O)Cc1cccc(O)c1. The summed E-state index contributed by atoms with van der Waals surface area (Å²) in [5, 5.41) is 12.1. The number of rotatable bonds is 2. The number of hydrogen-bond acceptors (Lipinski definition) is 3. The minimum atomic E-state index is -0.827. The summed E-state index contributed by atoms with van der Waals surface area (Å²) in [6, 6.07) is 6.61. The molecule has 0 spiro atoms. The van der Waals surface area contributed by atoms with Gasteiger partial charge in [-0.15, -0.1) is 0 Å². The van der Waals surface area contributed by atoms with E-state index in [2.05, 4.69) is 5.32 Å². The lowest BCUT2D eigenvalue weighted by molar-refractivity contribution is -0.148. The molecular formula is C14H18N2O3. The van der Waals surface area contributed by atoms with Crippen LogP contribution in [-0.4, -0.2) is 40.4 Å². The van der Waals surface area contributed by atoms with E-state index < -0.39 is 5.54 Å². The van der Waals surface area contributed by atoms with Crippen LogP contribution in [0.1, 0.15) is 19.4 Å². The smallest absolute Gasteiger partial charge is 0.245 e. The number of piperazine rings is 1. The lowest BCUT2D eigenvalue weighted by Gasteiger charge is -2.41. The van der Waals surface area contributed by atoms with E-state index in [0.29, 0.717) is 13.1 Å². The van der Waals surface area contributed by atoms with E-state index in [9.17, 15) is 14.7 Å². The highest BCUT2D eigenvalue weighted by Gasteiger charge is 2.40. The van der Waals surface area contributed by atoms with Gasteiger partial charge in [0.2, 0.25) is 11.8 Å². The minimum absolute atomic E-state index is 0.106. The maximum absolute atomic E-state index is 12.3. The Morgan fingerprint density at radius 3 is 2.89 bits per heavy atom. The molecule has 0 aromatic heterocycles. The van der Waals surface area contributed by atoms with Crippen molar-refractivity contribution in [2.24, 2.45) is 0 Å². The number of carbonyl (C=O) groups excluding carboxylic acids is 2. The maximum atomic E-state index is 12.3. The average Bonchev–Trinajstić information content (AvgIpc) is 2.32. The second-order valence-corrected chi connectivity index (χ2v) is 5.21. The molecule has 102 valence electrons. The standard InChI is InChI=1S/C14H18N2O3/c1-14(2)13(19)15-6-7-16(14)12(18)9-10-4-3-5-11(17)8-10/h3-5,8,17H,6-7,9H2,1-2H3,(H,15,19). The molecule has 0 saturated carbocycles. The Bertz CT molecular complexity index is 511. The van der Waals surface area contributed by atoms with Crippen LogP contribution in [0.5, 0.6) is 5.75 Å². The topological polar surface area (TPSA) is 69.6 Å². The fourth-order valence-electron chi connectivity index (χ4n) is 2.27. The van der Waals surface area contributed by atoms with Crippen molar-refractivity contribution in [1.82, 2.24) is 10.2 Å². The van der Waals surface area contributed by atoms with Gasteiger partial charge in [0.15, 0.2) is 0 Å². The molecule has 5 nitrogen and oxygen atoms in total. The molecule has 2 N–H and O–H groups in total. The van der Waals surface area contributed by atoms with Crippen molar-refractivity contribution < 1.29 is 14.7 Å². The first-order valence-corrected chi connectivity index (χ1v) is 6.28. The number of nitrogens with one attached hydrogen (secondary N) is 1. The summed E-state index contributed by atoms with van der Waals surface area (Å²) < 4.78 is 0. The molecule has 2 amide bonds. The van der Waals surface area contributed by atoms with Crippen LogP contribution in [0.25, 0.3) is 0 Å². The van der Waals surface area contributed by atoms with Crippen LogP contribution in [0.2, 0.25) is 0 Å². The predicted octanol–water partition coefficient (Wildman–Crippen LogP) is 0.672. The third-order valence-electron chi connectivity index (χ3n) is 3.42. The Balaban J connectivity index is 2.13. The van der Waals surface area contributed by atoms with Gasteiger partial charge in [-0.2, -0.15) is 0 Å². The first-order chi connectivity index (χ1) is 8.91. The van der Waals surface area contributed by atoms with Gasteiger partial charge in [0.1, 0.15) is 11.3 Å². The zero-order valence-electron chi connectivity index (χ0n) is 11.1. The van der Waals surface area contributed by atoms with Gasteiger partial charge < -0.3 is 15.3 Å². The molecule has 1 saturated heterocycles. The number of benzene rings is 1. The summed E-state index contributed by atoms with van der Waals surface area (Å²) in [6.45, 7) is 4.47. The van der Waals surface area contributed by atoms with Crippen LogP contribution in [0.4, 0.5) is 0 Å². The zero-order valence-corrected chi connectivity index (χ0v) is 11.1. The van der Waals surface area contributed by atoms with Gasteiger partial charge in [0.05, 0.1) is 6.42 Å². The third kappa shape index (κ3) is 2.70. The van der Waals surface area contributed by atoms with Crippen molar-refractivity contribution in [2.45, 2.75) is 25.8 Å². The van der Waals surface area contributed by atoms with Crippen molar-refractivity contribution in [2.75, 3.05) is 13.1 Å². The predicted molar refractivity (Wildman–Crippen MR) is 70.6 cm³/mol. The molecule has 0 aliphatic carbocycles. The van der Waals surface area contributed by atoms with Crippen molar-refractivity contribution in [3.05, 3.63) is 29.8 Å². The molecule has 1 aromatic carbocycles. The molecule has 5 heteroatoms. The molecule has 19 heavy (non-hydrogen) atoms. The molecule has 2 rings (SSSR count). The van der Waals surface area contributed by atoms with Gasteiger partial charge in [-0.1, -0.05) is 12.1 Å². The van der Waals surface area contributed by atoms with Crippen molar-refractivity contribution in [3.63, 3.8) is 0 Å². The number of carbonyl (C=O) groups is 2. The zero-order chi connectivity index (χ0) is 14.0.